The van der Waals surface area contributed by atoms with Gasteiger partial charge in [-0.2, -0.15) is 10.1 Å². The minimum Gasteiger partial charge on any atom is -0.494 e. The number of benzene rings is 3. The molecular formula is C50H58BrN12O8P. The number of carbonyl (C=O) groups excluding carboxylic acids is 4. The van der Waals surface area contributed by atoms with E-state index in [4.69, 9.17) is 18.8 Å². The molecule has 5 aromatic rings. The summed E-state index contributed by atoms with van der Waals surface area (Å²) in [6.07, 6.45) is 7.90. The molecule has 0 saturated carbocycles. The lowest BCUT2D eigenvalue weighted by Gasteiger charge is -2.50. The molecule has 2 aromatic heterocycles. The van der Waals surface area contributed by atoms with Crippen LogP contribution >= 0.6 is 23.5 Å². The summed E-state index contributed by atoms with van der Waals surface area (Å²) in [7, 11) is 2.65. The molecule has 7 heterocycles. The zero-order valence-corrected chi connectivity index (χ0v) is 43.6. The normalized spacial score (nSPS) is 19.4. The van der Waals surface area contributed by atoms with Gasteiger partial charge in [-0.05, 0) is 90.5 Å². The van der Waals surface area contributed by atoms with E-state index < -0.39 is 37.3 Å². The van der Waals surface area contributed by atoms with Crippen LogP contribution in [0.2, 0.25) is 0 Å². The summed E-state index contributed by atoms with van der Waals surface area (Å²) < 4.78 is 33.0. The van der Waals surface area contributed by atoms with Crippen molar-refractivity contribution in [3.63, 3.8) is 0 Å². The Balaban J connectivity index is 0.773. The van der Waals surface area contributed by atoms with Crippen molar-refractivity contribution < 1.29 is 37.5 Å². The second kappa shape index (κ2) is 20.0. The molecule has 10 rings (SSSR count). The maximum absolute atomic E-state index is 13.7. The van der Waals surface area contributed by atoms with Gasteiger partial charge in [0.05, 0.1) is 45.6 Å². The predicted octanol–water partition coefficient (Wildman–Crippen LogP) is 5.74. The fourth-order valence-electron chi connectivity index (χ4n) is 10.7. The van der Waals surface area contributed by atoms with Gasteiger partial charge in [0.15, 0.2) is 0 Å². The van der Waals surface area contributed by atoms with E-state index in [1.807, 2.05) is 51.5 Å². The number of amides is 4. The number of nitrogens with zero attached hydrogens (tertiary/aromatic N) is 9. The number of ether oxygens (including phenoxy) is 1. The van der Waals surface area contributed by atoms with Crippen LogP contribution in [0.25, 0.3) is 11.1 Å². The van der Waals surface area contributed by atoms with Gasteiger partial charge in [-0.3, -0.25) is 48.4 Å². The Bertz CT molecular complexity index is 3010. The van der Waals surface area contributed by atoms with Gasteiger partial charge in [-0.25, -0.2) is 4.98 Å². The maximum atomic E-state index is 13.7. The van der Waals surface area contributed by atoms with Gasteiger partial charge < -0.3 is 34.2 Å². The molecule has 3 aromatic carbocycles. The van der Waals surface area contributed by atoms with Gasteiger partial charge in [-0.15, -0.1) is 0 Å². The van der Waals surface area contributed by atoms with Crippen molar-refractivity contribution in [1.29, 1.82) is 0 Å². The summed E-state index contributed by atoms with van der Waals surface area (Å²) in [6.45, 7) is 11.0. The molecular weight excluding hydrogens is 1010 g/mol. The number of halogens is 1. The smallest absolute Gasteiger partial charge is 0.363 e. The second-order valence-corrected chi connectivity index (χ2v) is 21.9. The Morgan fingerprint density at radius 2 is 1.50 bits per heavy atom. The number of methoxy groups -OCH3 is 1. The number of aryl methyl sites for hydroxylation is 2. The molecule has 20 nitrogen and oxygen atoms in total. The van der Waals surface area contributed by atoms with Crippen LogP contribution in [0.1, 0.15) is 57.5 Å². The van der Waals surface area contributed by atoms with E-state index in [0.717, 1.165) is 104 Å². The van der Waals surface area contributed by atoms with Crippen molar-refractivity contribution in [2.75, 3.05) is 94.1 Å². The number of piperazine rings is 1. The largest absolute Gasteiger partial charge is 0.494 e. The van der Waals surface area contributed by atoms with E-state index in [0.29, 0.717) is 61.9 Å². The first-order chi connectivity index (χ1) is 34.7. The monoisotopic (exact) mass is 1060 g/mol. The van der Waals surface area contributed by atoms with E-state index in [2.05, 4.69) is 73.7 Å². The molecule has 1 atom stereocenters. The van der Waals surface area contributed by atoms with Crippen LogP contribution in [0.5, 0.6) is 5.75 Å². The number of imide groups is 2. The highest BCUT2D eigenvalue weighted by Crippen LogP contribution is 2.49. The minimum absolute atomic E-state index is 0.0858. The first-order valence-electron chi connectivity index (χ1n) is 24.1. The molecule has 0 spiro atoms. The number of fused-ring (bicyclic) bond motifs is 1. The third-order valence-electron chi connectivity index (χ3n) is 14.9. The van der Waals surface area contributed by atoms with Crippen molar-refractivity contribution in [2.45, 2.75) is 57.7 Å². The third-order valence-corrected chi connectivity index (χ3v) is 17.5. The quantitative estimate of drug-likeness (QED) is 0.0895. The molecule has 0 bridgehead atoms. The molecule has 0 aliphatic carbocycles. The Morgan fingerprint density at radius 3 is 2.18 bits per heavy atom. The maximum Gasteiger partial charge on any atom is 0.363 e. The van der Waals surface area contributed by atoms with Gasteiger partial charge in [0, 0.05) is 133 Å². The average Bonchev–Trinajstić information content (AvgIpc) is 3.91. The zero-order chi connectivity index (χ0) is 50.6. The number of anilines is 6. The lowest BCUT2D eigenvalue weighted by atomic mass is 9.97. The van der Waals surface area contributed by atoms with Crippen LogP contribution in [0.15, 0.2) is 65.5 Å². The van der Waals surface area contributed by atoms with Gasteiger partial charge in [-0.1, -0.05) is 6.07 Å². The fourth-order valence-corrected chi connectivity index (χ4v) is 12.5. The standard InChI is InChI=1S/C50H58BrN12O8P/c1-29-7-10-39(45(30(29)2)72(68,70-5)71-6)54-46-38(51)25-52-50(57-46)55-40-22-36(31-24-53-58(3)26-31)42(23-43(40)69-4)61-19-17-60(18-20-61)32-13-15-59(16-14-32)34-27-62(28-34)33-8-9-35-37(21-33)49(67)63(48(35)66)41-11-12-44(64)56-47(41)65/h7-10,21-26,32,34,41H,11-20,27-28H2,1-6H3,(H,56,64,65)(H2,52,54,55,57). The van der Waals surface area contributed by atoms with E-state index >= 15 is 0 Å². The Labute approximate surface area is 426 Å². The van der Waals surface area contributed by atoms with Gasteiger partial charge in [0.2, 0.25) is 17.8 Å². The highest BCUT2D eigenvalue weighted by Gasteiger charge is 2.45. The molecule has 22 heteroatoms. The summed E-state index contributed by atoms with van der Waals surface area (Å²) in [4.78, 5) is 71.2. The van der Waals surface area contributed by atoms with Gasteiger partial charge in [0.25, 0.3) is 11.8 Å². The first kappa shape index (κ1) is 49.4. The van der Waals surface area contributed by atoms with Crippen molar-refractivity contribution in [2.24, 2.45) is 7.05 Å². The molecule has 4 saturated heterocycles. The summed E-state index contributed by atoms with van der Waals surface area (Å²) in [5.41, 5.74) is 7.39. The van der Waals surface area contributed by atoms with Crippen molar-refractivity contribution in [3.05, 3.63) is 87.8 Å². The predicted molar refractivity (Wildman–Crippen MR) is 276 cm³/mol. The minimum atomic E-state index is -3.65. The molecule has 4 amide bonds. The van der Waals surface area contributed by atoms with Crippen LogP contribution in [0.4, 0.5) is 34.5 Å². The molecule has 1 unspecified atom stereocenters. The van der Waals surface area contributed by atoms with Crippen LogP contribution < -0.4 is 35.8 Å². The topological polar surface area (TPSA) is 209 Å². The molecule has 3 N–H and O–H groups in total. The summed E-state index contributed by atoms with van der Waals surface area (Å²) >= 11 is 3.59. The Hall–Kier alpha value is -6.22. The van der Waals surface area contributed by atoms with Crippen molar-refractivity contribution in [3.8, 4) is 16.9 Å². The van der Waals surface area contributed by atoms with Crippen molar-refractivity contribution in [1.82, 2.24) is 39.8 Å². The summed E-state index contributed by atoms with van der Waals surface area (Å²) in [5.74, 6) is -0.618. The third kappa shape index (κ3) is 9.26. The van der Waals surface area contributed by atoms with Gasteiger partial charge in [0.1, 0.15) is 17.6 Å². The highest BCUT2D eigenvalue weighted by molar-refractivity contribution is 9.10. The van der Waals surface area contributed by atoms with E-state index in [-0.39, 0.29) is 12.8 Å². The number of hydrogen-bond donors (Lipinski definition) is 3. The van der Waals surface area contributed by atoms with Gasteiger partial charge >= 0.3 is 7.60 Å². The zero-order valence-electron chi connectivity index (χ0n) is 41.1. The number of nitrogens with one attached hydrogen (secondary N) is 3. The molecule has 5 aliphatic rings. The lowest BCUT2D eigenvalue weighted by Crippen LogP contribution is -2.62. The average molecular weight is 1070 g/mol. The molecule has 0 radical (unpaired) electrons. The van der Waals surface area contributed by atoms with E-state index in [1.54, 1.807) is 30.1 Å². The Morgan fingerprint density at radius 1 is 0.778 bits per heavy atom. The number of carbonyl (C=O) groups is 4. The second-order valence-electron chi connectivity index (χ2n) is 18.9. The molecule has 378 valence electrons. The molecule has 5 aliphatic heterocycles. The fraction of sp³-hybridized carbons (Fsp3) is 0.420. The van der Waals surface area contributed by atoms with E-state index in [9.17, 15) is 23.7 Å². The first-order valence-corrected chi connectivity index (χ1v) is 26.4. The number of piperidine rings is 2. The summed E-state index contributed by atoms with van der Waals surface area (Å²) in [6, 6.07) is 13.1. The van der Waals surface area contributed by atoms with Crippen LogP contribution in [-0.4, -0.2) is 150 Å². The highest BCUT2D eigenvalue weighted by atomic mass is 79.9. The summed E-state index contributed by atoms with van der Waals surface area (Å²) in [5, 5.41) is 13.9. The Kier molecular flexibility index (Phi) is 13.7. The number of rotatable bonds is 14. The lowest BCUT2D eigenvalue weighted by molar-refractivity contribution is -0.136. The number of likely N-dealkylation sites (tertiary alicyclic amines) is 1. The van der Waals surface area contributed by atoms with Crippen molar-refractivity contribution >= 4 is 87.0 Å². The number of hydrogen-bond acceptors (Lipinski definition) is 17. The number of aromatic nitrogens is 4. The molecule has 72 heavy (non-hydrogen) atoms. The molecule has 4 fully saturated rings. The van der Waals surface area contributed by atoms with Crippen LogP contribution in [-0.2, 0) is 30.2 Å². The van der Waals surface area contributed by atoms with E-state index in [1.165, 1.54) is 14.2 Å². The van der Waals surface area contributed by atoms with Crippen LogP contribution in [0, 0.1) is 13.8 Å². The van der Waals surface area contributed by atoms with Crippen LogP contribution in [0.3, 0.4) is 0 Å². The SMILES string of the molecule is COc1cc(N2CCN(C3CCN(C4CN(c5ccc6c(c5)C(=O)N(C5CCC(=O)NC5=O)C6=O)C4)CC3)CC2)c(-c2cnn(C)c2)cc1Nc1ncc(Br)c(Nc2ccc(C)c(C)c2P(=O)(OC)OC)n1.